The van der Waals surface area contributed by atoms with Gasteiger partial charge in [0.15, 0.2) is 18.1 Å². The minimum atomic E-state index is -0.717. The summed E-state index contributed by atoms with van der Waals surface area (Å²) in [6, 6.07) is 4.54. The zero-order valence-corrected chi connectivity index (χ0v) is 20.2. The van der Waals surface area contributed by atoms with Crippen LogP contribution in [0.1, 0.15) is 55.3 Å². The summed E-state index contributed by atoms with van der Waals surface area (Å²) >= 11 is 0. The molecule has 4 fully saturated rings. The highest BCUT2D eigenvalue weighted by Crippen LogP contribution is 2.61. The molecular formula is C25H33N3O7. The van der Waals surface area contributed by atoms with Gasteiger partial charge in [0, 0.05) is 12.0 Å². The molecule has 0 unspecified atom stereocenters. The highest BCUT2D eigenvalue weighted by atomic mass is 16.5. The highest BCUT2D eigenvalue weighted by molar-refractivity contribution is 5.96. The summed E-state index contributed by atoms with van der Waals surface area (Å²) in [7, 11) is 2.93. The van der Waals surface area contributed by atoms with E-state index < -0.39 is 24.4 Å². The fourth-order valence-electron chi connectivity index (χ4n) is 6.49. The minimum Gasteiger partial charge on any atom is -0.493 e. The first-order valence-corrected chi connectivity index (χ1v) is 12.0. The van der Waals surface area contributed by atoms with Crippen LogP contribution < -0.4 is 25.6 Å². The molecule has 190 valence electrons. The average Bonchev–Trinajstić information content (AvgIpc) is 2.83. The van der Waals surface area contributed by atoms with Crippen molar-refractivity contribution in [2.45, 2.75) is 44.9 Å². The van der Waals surface area contributed by atoms with E-state index >= 15 is 0 Å². The van der Waals surface area contributed by atoms with E-state index in [4.69, 9.17) is 14.2 Å². The van der Waals surface area contributed by atoms with Crippen LogP contribution in [0.5, 0.6) is 11.5 Å². The SMILES string of the molecule is COc1ccc(C(=O)NNC(=O)COC(=O)CNC(=O)CC23CC4CC(CC(C4)C2)C3)cc1OC. The Balaban J connectivity index is 1.14. The smallest absolute Gasteiger partial charge is 0.325 e. The first-order valence-electron chi connectivity index (χ1n) is 12.0. The van der Waals surface area contributed by atoms with E-state index in [-0.39, 0.29) is 23.4 Å². The summed E-state index contributed by atoms with van der Waals surface area (Å²) in [5.74, 6) is 0.936. The fraction of sp³-hybridized carbons (Fsp3) is 0.600. The van der Waals surface area contributed by atoms with Crippen LogP contribution in [0.3, 0.4) is 0 Å². The quantitative estimate of drug-likeness (QED) is 0.357. The van der Waals surface area contributed by atoms with E-state index in [1.54, 1.807) is 6.07 Å². The van der Waals surface area contributed by atoms with Gasteiger partial charge in [-0.2, -0.15) is 0 Å². The molecule has 0 aliphatic heterocycles. The van der Waals surface area contributed by atoms with Crippen molar-refractivity contribution >= 4 is 23.7 Å². The zero-order valence-electron chi connectivity index (χ0n) is 20.2. The van der Waals surface area contributed by atoms with Gasteiger partial charge in [0.2, 0.25) is 5.91 Å². The van der Waals surface area contributed by atoms with Crippen LogP contribution >= 0.6 is 0 Å². The van der Waals surface area contributed by atoms with Crippen molar-refractivity contribution < 1.29 is 33.4 Å². The number of carbonyl (C=O) groups excluding carboxylic acids is 4. The first kappa shape index (κ1) is 24.8. The van der Waals surface area contributed by atoms with Gasteiger partial charge in [-0.05, 0) is 79.9 Å². The second kappa shape index (κ2) is 10.5. The Hall–Kier alpha value is -3.30. The van der Waals surface area contributed by atoms with Gasteiger partial charge in [0.05, 0.1) is 14.2 Å². The molecule has 3 amide bonds. The van der Waals surface area contributed by atoms with Gasteiger partial charge >= 0.3 is 5.97 Å². The molecule has 4 saturated carbocycles. The van der Waals surface area contributed by atoms with E-state index in [1.165, 1.54) is 45.6 Å². The van der Waals surface area contributed by atoms with Crippen LogP contribution in [0.2, 0.25) is 0 Å². The number of nitrogens with one attached hydrogen (secondary N) is 3. The Kier molecular flexibility index (Phi) is 7.47. The summed E-state index contributed by atoms with van der Waals surface area (Å²) in [5, 5.41) is 2.64. The van der Waals surface area contributed by atoms with E-state index in [9.17, 15) is 19.2 Å². The Bertz CT molecular complexity index is 958. The summed E-state index contributed by atoms with van der Waals surface area (Å²) in [6.07, 6.45) is 7.73. The number of hydrogen-bond acceptors (Lipinski definition) is 7. The molecule has 0 aromatic heterocycles. The Morgan fingerprint density at radius 2 is 1.51 bits per heavy atom. The van der Waals surface area contributed by atoms with E-state index in [0.29, 0.717) is 17.9 Å². The number of hydrazine groups is 1. The normalized spacial score (nSPS) is 25.9. The van der Waals surface area contributed by atoms with Crippen molar-refractivity contribution in [1.29, 1.82) is 0 Å². The van der Waals surface area contributed by atoms with Crippen LogP contribution in [-0.2, 0) is 19.1 Å². The van der Waals surface area contributed by atoms with Crippen molar-refractivity contribution in [2.24, 2.45) is 23.2 Å². The lowest BCUT2D eigenvalue weighted by Crippen LogP contribution is -2.48. The molecular weight excluding hydrogens is 454 g/mol. The number of rotatable bonds is 9. The molecule has 35 heavy (non-hydrogen) atoms. The van der Waals surface area contributed by atoms with Gasteiger partial charge in [-0.1, -0.05) is 0 Å². The Morgan fingerprint density at radius 3 is 2.11 bits per heavy atom. The number of benzene rings is 1. The van der Waals surface area contributed by atoms with Crippen molar-refractivity contribution in [3.8, 4) is 11.5 Å². The fourth-order valence-corrected chi connectivity index (χ4v) is 6.49. The summed E-state index contributed by atoms with van der Waals surface area (Å²) in [5.41, 5.74) is 4.75. The van der Waals surface area contributed by atoms with E-state index in [2.05, 4.69) is 16.2 Å². The molecule has 3 N–H and O–H groups in total. The molecule has 5 rings (SSSR count). The molecule has 4 bridgehead atoms. The van der Waals surface area contributed by atoms with Crippen molar-refractivity contribution in [1.82, 2.24) is 16.2 Å². The topological polar surface area (TPSA) is 132 Å². The van der Waals surface area contributed by atoms with E-state index in [0.717, 1.165) is 37.0 Å². The number of esters is 1. The summed E-state index contributed by atoms with van der Waals surface area (Å²) in [6.45, 7) is -0.883. The largest absolute Gasteiger partial charge is 0.493 e. The molecule has 10 nitrogen and oxygen atoms in total. The number of ether oxygens (including phenoxy) is 3. The maximum Gasteiger partial charge on any atom is 0.325 e. The summed E-state index contributed by atoms with van der Waals surface area (Å²) < 4.78 is 15.2. The van der Waals surface area contributed by atoms with Gasteiger partial charge in [-0.25, -0.2) is 0 Å². The van der Waals surface area contributed by atoms with Gasteiger partial charge in [0.25, 0.3) is 11.8 Å². The van der Waals surface area contributed by atoms with Gasteiger partial charge in [0.1, 0.15) is 6.54 Å². The lowest BCUT2D eigenvalue weighted by molar-refractivity contribution is -0.149. The molecule has 0 saturated heterocycles. The molecule has 10 heteroatoms. The Labute approximate surface area is 204 Å². The second-order valence-corrected chi connectivity index (χ2v) is 10.1. The third-order valence-corrected chi connectivity index (χ3v) is 7.46. The number of carbonyl (C=O) groups is 4. The van der Waals surface area contributed by atoms with Gasteiger partial charge in [-0.15, -0.1) is 0 Å². The lowest BCUT2D eigenvalue weighted by atomic mass is 9.49. The number of hydrogen-bond donors (Lipinski definition) is 3. The van der Waals surface area contributed by atoms with Crippen LogP contribution in [0.15, 0.2) is 18.2 Å². The van der Waals surface area contributed by atoms with E-state index in [1.807, 2.05) is 0 Å². The molecule has 4 aliphatic carbocycles. The number of methoxy groups -OCH3 is 2. The van der Waals surface area contributed by atoms with Crippen LogP contribution in [-0.4, -0.2) is 51.1 Å². The maximum absolute atomic E-state index is 12.5. The second-order valence-electron chi connectivity index (χ2n) is 10.1. The third-order valence-electron chi connectivity index (χ3n) is 7.46. The monoisotopic (exact) mass is 487 g/mol. The van der Waals surface area contributed by atoms with Gasteiger partial charge < -0.3 is 19.5 Å². The molecule has 1 aromatic carbocycles. The third kappa shape index (κ3) is 6.04. The predicted molar refractivity (Wildman–Crippen MR) is 124 cm³/mol. The molecule has 0 radical (unpaired) electrons. The van der Waals surface area contributed by atoms with Crippen LogP contribution in [0.25, 0.3) is 0 Å². The average molecular weight is 488 g/mol. The molecule has 1 aromatic rings. The molecule has 0 spiro atoms. The van der Waals surface area contributed by atoms with Crippen molar-refractivity contribution in [3.05, 3.63) is 23.8 Å². The van der Waals surface area contributed by atoms with Crippen LogP contribution in [0.4, 0.5) is 0 Å². The predicted octanol–water partition coefficient (Wildman–Crippen LogP) is 1.73. The first-order chi connectivity index (χ1) is 16.8. The minimum absolute atomic E-state index is 0.0920. The van der Waals surface area contributed by atoms with Crippen molar-refractivity contribution in [2.75, 3.05) is 27.4 Å². The molecule has 0 atom stereocenters. The standard InChI is InChI=1S/C25H33N3O7/c1-33-19-4-3-18(8-20(19)34-2)24(32)28-27-22(30)14-35-23(31)13-26-21(29)12-25-9-15-5-16(10-25)7-17(6-15)11-25/h3-4,8,15-17H,5-7,9-14H2,1-2H3,(H,26,29)(H,27,30)(H,28,32). The molecule has 0 heterocycles. The lowest BCUT2D eigenvalue weighted by Gasteiger charge is -2.56. The van der Waals surface area contributed by atoms with Crippen LogP contribution in [0, 0.1) is 23.2 Å². The Morgan fingerprint density at radius 1 is 0.886 bits per heavy atom. The van der Waals surface area contributed by atoms with Crippen molar-refractivity contribution in [3.63, 3.8) is 0 Å². The highest BCUT2D eigenvalue weighted by Gasteiger charge is 2.51. The summed E-state index contributed by atoms with van der Waals surface area (Å²) in [4.78, 5) is 48.6. The molecule has 4 aliphatic rings. The number of amides is 3. The maximum atomic E-state index is 12.5. The zero-order chi connectivity index (χ0) is 25.0. The van der Waals surface area contributed by atoms with Gasteiger partial charge in [-0.3, -0.25) is 30.0 Å².